The van der Waals surface area contributed by atoms with Crippen molar-refractivity contribution in [2.75, 3.05) is 11.8 Å². The number of aromatic nitrogens is 2. The Labute approximate surface area is 115 Å². The molecular formula is C11H10ClN3O3S. The first-order valence-electron chi connectivity index (χ1n) is 5.16. The van der Waals surface area contributed by atoms with Gasteiger partial charge < -0.3 is 4.74 Å². The number of hydrogen-bond acceptors (Lipinski definition) is 5. The summed E-state index contributed by atoms with van der Waals surface area (Å²) in [6.45, 7) is 0. The largest absolute Gasteiger partial charge is 0.481 e. The molecule has 0 aliphatic carbocycles. The van der Waals surface area contributed by atoms with Gasteiger partial charge in [-0.1, -0.05) is 11.6 Å². The number of halogens is 1. The third-order valence-corrected chi connectivity index (χ3v) is 3.80. The Balaban J connectivity index is 2.23. The van der Waals surface area contributed by atoms with Crippen LogP contribution in [-0.2, 0) is 10.0 Å². The van der Waals surface area contributed by atoms with Crippen LogP contribution in [0.5, 0.6) is 5.88 Å². The van der Waals surface area contributed by atoms with E-state index >= 15 is 0 Å². The summed E-state index contributed by atoms with van der Waals surface area (Å²) in [7, 11) is -2.22. The predicted octanol–water partition coefficient (Wildman–Crippen LogP) is 1.94. The van der Waals surface area contributed by atoms with E-state index < -0.39 is 10.0 Å². The number of anilines is 1. The number of pyridine rings is 2. The van der Waals surface area contributed by atoms with Gasteiger partial charge in [-0.25, -0.2) is 18.4 Å². The Bertz CT molecular complexity index is 657. The maximum absolute atomic E-state index is 12.0. The Hall–Kier alpha value is -1.86. The molecule has 0 saturated carbocycles. The number of hydrogen-bond donors (Lipinski definition) is 1. The molecule has 2 rings (SSSR count). The molecule has 6 nitrogen and oxygen atoms in total. The minimum Gasteiger partial charge on any atom is -0.481 e. The summed E-state index contributed by atoms with van der Waals surface area (Å²) < 4.78 is 31.3. The second-order valence-corrected chi connectivity index (χ2v) is 5.58. The number of methoxy groups -OCH3 is 1. The SMILES string of the molecule is COc1ccc(NS(=O)(=O)c2ccc(Cl)nc2)cn1. The van der Waals surface area contributed by atoms with Crippen LogP contribution < -0.4 is 9.46 Å². The molecule has 0 radical (unpaired) electrons. The first-order valence-corrected chi connectivity index (χ1v) is 7.02. The van der Waals surface area contributed by atoms with Crippen LogP contribution in [0.3, 0.4) is 0 Å². The van der Waals surface area contributed by atoms with Crippen LogP contribution in [0.2, 0.25) is 5.15 Å². The van der Waals surface area contributed by atoms with E-state index in [9.17, 15) is 8.42 Å². The van der Waals surface area contributed by atoms with Crippen LogP contribution in [0.25, 0.3) is 0 Å². The lowest BCUT2D eigenvalue weighted by Gasteiger charge is -2.07. The standard InChI is InChI=1S/C11H10ClN3O3S/c1-18-11-5-2-8(6-14-11)15-19(16,17)9-3-4-10(12)13-7-9/h2-7,15H,1H3. The third-order valence-electron chi connectivity index (χ3n) is 2.21. The molecule has 0 spiro atoms. The quantitative estimate of drug-likeness (QED) is 0.873. The fourth-order valence-corrected chi connectivity index (χ4v) is 2.40. The van der Waals surface area contributed by atoms with E-state index in [0.29, 0.717) is 11.6 Å². The minimum absolute atomic E-state index is 0.0210. The highest BCUT2D eigenvalue weighted by molar-refractivity contribution is 7.92. The van der Waals surface area contributed by atoms with Crippen molar-refractivity contribution in [1.29, 1.82) is 0 Å². The minimum atomic E-state index is -3.70. The molecule has 0 aromatic carbocycles. The predicted molar refractivity (Wildman–Crippen MR) is 70.8 cm³/mol. The van der Waals surface area contributed by atoms with Gasteiger partial charge in [-0.05, 0) is 18.2 Å². The van der Waals surface area contributed by atoms with E-state index in [0.717, 1.165) is 0 Å². The van der Waals surface area contributed by atoms with Crippen LogP contribution in [0.15, 0.2) is 41.6 Å². The van der Waals surface area contributed by atoms with Crippen molar-refractivity contribution in [1.82, 2.24) is 9.97 Å². The highest BCUT2D eigenvalue weighted by Crippen LogP contribution is 2.17. The van der Waals surface area contributed by atoms with E-state index in [1.807, 2.05) is 0 Å². The van der Waals surface area contributed by atoms with Gasteiger partial charge in [0.25, 0.3) is 10.0 Å². The Morgan fingerprint density at radius 2 is 1.95 bits per heavy atom. The average molecular weight is 300 g/mol. The third kappa shape index (κ3) is 3.33. The van der Waals surface area contributed by atoms with Crippen molar-refractivity contribution in [2.45, 2.75) is 4.90 Å². The first-order chi connectivity index (χ1) is 9.01. The number of rotatable bonds is 4. The summed E-state index contributed by atoms with van der Waals surface area (Å²) >= 11 is 5.61. The summed E-state index contributed by atoms with van der Waals surface area (Å²) in [6.07, 6.45) is 2.54. The highest BCUT2D eigenvalue weighted by atomic mass is 35.5. The Morgan fingerprint density at radius 1 is 1.16 bits per heavy atom. The second kappa shape index (κ2) is 5.41. The van der Waals surface area contributed by atoms with Gasteiger partial charge in [-0.3, -0.25) is 4.72 Å². The lowest BCUT2D eigenvalue weighted by Crippen LogP contribution is -2.13. The van der Waals surface area contributed by atoms with E-state index in [1.54, 1.807) is 12.1 Å². The Kier molecular flexibility index (Phi) is 3.87. The van der Waals surface area contributed by atoms with Gasteiger partial charge in [0, 0.05) is 12.3 Å². The monoisotopic (exact) mass is 299 g/mol. The normalized spacial score (nSPS) is 11.1. The fraction of sp³-hybridized carbons (Fsp3) is 0.0909. The zero-order chi connectivity index (χ0) is 13.9. The lowest BCUT2D eigenvalue weighted by molar-refractivity contribution is 0.398. The zero-order valence-corrected chi connectivity index (χ0v) is 11.4. The van der Waals surface area contributed by atoms with Gasteiger partial charge in [0.15, 0.2) is 0 Å². The molecule has 0 aliphatic rings. The summed E-state index contributed by atoms with van der Waals surface area (Å²) in [5.74, 6) is 0.399. The van der Waals surface area contributed by atoms with Crippen molar-refractivity contribution in [3.05, 3.63) is 41.8 Å². The number of ether oxygens (including phenoxy) is 1. The first kappa shape index (κ1) is 13.6. The summed E-state index contributed by atoms with van der Waals surface area (Å²) in [5.41, 5.74) is 0.329. The molecule has 0 aliphatic heterocycles. The maximum Gasteiger partial charge on any atom is 0.263 e. The highest BCUT2D eigenvalue weighted by Gasteiger charge is 2.14. The smallest absolute Gasteiger partial charge is 0.263 e. The van der Waals surface area contributed by atoms with Crippen LogP contribution in [-0.4, -0.2) is 25.5 Å². The van der Waals surface area contributed by atoms with Gasteiger partial charge in [-0.15, -0.1) is 0 Å². The Morgan fingerprint density at radius 3 is 2.47 bits per heavy atom. The molecule has 8 heteroatoms. The van der Waals surface area contributed by atoms with Gasteiger partial charge >= 0.3 is 0 Å². The molecule has 0 atom stereocenters. The summed E-state index contributed by atoms with van der Waals surface area (Å²) in [4.78, 5) is 7.65. The number of nitrogens with one attached hydrogen (secondary N) is 1. The van der Waals surface area contributed by atoms with Gasteiger partial charge in [0.05, 0.1) is 19.0 Å². The summed E-state index contributed by atoms with van der Waals surface area (Å²) in [5, 5.41) is 0.227. The van der Waals surface area contributed by atoms with Crippen molar-refractivity contribution >= 4 is 27.3 Å². The van der Waals surface area contributed by atoms with Crippen molar-refractivity contribution in [3.8, 4) is 5.88 Å². The van der Waals surface area contributed by atoms with E-state index in [-0.39, 0.29) is 10.0 Å². The molecule has 0 unspecified atom stereocenters. The van der Waals surface area contributed by atoms with E-state index in [2.05, 4.69) is 14.7 Å². The van der Waals surface area contributed by atoms with Crippen LogP contribution in [0, 0.1) is 0 Å². The molecule has 19 heavy (non-hydrogen) atoms. The molecule has 100 valence electrons. The molecule has 1 N–H and O–H groups in total. The zero-order valence-electron chi connectivity index (χ0n) is 9.87. The molecular weight excluding hydrogens is 290 g/mol. The molecule has 2 aromatic rings. The molecule has 0 amide bonds. The number of sulfonamides is 1. The maximum atomic E-state index is 12.0. The van der Waals surface area contributed by atoms with Gasteiger partial charge in [0.1, 0.15) is 10.0 Å². The molecule has 0 fully saturated rings. The van der Waals surface area contributed by atoms with Crippen LogP contribution in [0.1, 0.15) is 0 Å². The van der Waals surface area contributed by atoms with E-state index in [1.165, 1.54) is 31.6 Å². The lowest BCUT2D eigenvalue weighted by atomic mass is 10.4. The topological polar surface area (TPSA) is 81.2 Å². The van der Waals surface area contributed by atoms with E-state index in [4.69, 9.17) is 16.3 Å². The van der Waals surface area contributed by atoms with Crippen LogP contribution in [0.4, 0.5) is 5.69 Å². The fourth-order valence-electron chi connectivity index (χ4n) is 1.30. The number of nitrogens with zero attached hydrogens (tertiary/aromatic N) is 2. The molecule has 0 saturated heterocycles. The van der Waals surface area contributed by atoms with Gasteiger partial charge in [0.2, 0.25) is 5.88 Å². The second-order valence-electron chi connectivity index (χ2n) is 3.51. The van der Waals surface area contributed by atoms with Crippen LogP contribution >= 0.6 is 11.6 Å². The summed E-state index contributed by atoms with van der Waals surface area (Å²) in [6, 6.07) is 5.88. The average Bonchev–Trinajstić information content (AvgIpc) is 2.40. The molecule has 2 heterocycles. The molecule has 0 bridgehead atoms. The van der Waals surface area contributed by atoms with Crippen molar-refractivity contribution < 1.29 is 13.2 Å². The van der Waals surface area contributed by atoms with Crippen molar-refractivity contribution in [3.63, 3.8) is 0 Å². The van der Waals surface area contributed by atoms with Gasteiger partial charge in [-0.2, -0.15) is 0 Å². The van der Waals surface area contributed by atoms with Crippen molar-refractivity contribution in [2.24, 2.45) is 0 Å². The molecule has 2 aromatic heterocycles.